The van der Waals surface area contributed by atoms with Gasteiger partial charge in [0, 0.05) is 25.4 Å². The molecule has 3 rings (SSSR count). The van der Waals surface area contributed by atoms with Crippen LogP contribution in [0.25, 0.3) is 11.0 Å². The molecule has 29 heavy (non-hydrogen) atoms. The first-order valence-electron chi connectivity index (χ1n) is 8.57. The molecule has 1 aromatic carbocycles. The third-order valence-corrected chi connectivity index (χ3v) is 4.60. The number of anilines is 1. The van der Waals surface area contributed by atoms with E-state index in [-0.39, 0.29) is 26.4 Å². The van der Waals surface area contributed by atoms with Crippen LogP contribution in [-0.4, -0.2) is 65.1 Å². The van der Waals surface area contributed by atoms with Gasteiger partial charge in [-0.3, -0.25) is 15.0 Å². The highest BCUT2D eigenvalue weighted by atomic mass is 79.9. The first-order chi connectivity index (χ1) is 14.0. The molecule has 0 aliphatic carbocycles. The van der Waals surface area contributed by atoms with Crippen molar-refractivity contribution in [2.24, 2.45) is 4.99 Å². The minimum absolute atomic E-state index is 0.0447. The number of carbonyl (C=O) groups is 1. The first kappa shape index (κ1) is 20.5. The Bertz CT molecular complexity index is 926. The molecule has 0 bridgehead atoms. The number of aliphatic imine (C=N–C) groups is 1. The third kappa shape index (κ3) is 5.63. The molecule has 0 atom stereocenters. The zero-order chi connectivity index (χ0) is 20.6. The number of fused-ring (bicyclic) bond motifs is 1. The third-order valence-electron chi connectivity index (χ3n) is 3.80. The molecule has 1 aromatic heterocycles. The molecule has 1 aliphatic rings. The monoisotopic (exact) mass is 468 g/mol. The van der Waals surface area contributed by atoms with Crippen molar-refractivity contribution in [2.45, 2.75) is 6.42 Å². The largest absolute Gasteiger partial charge is 0.510 e. The average Bonchev–Trinajstić information content (AvgIpc) is 3.15. The van der Waals surface area contributed by atoms with Crippen molar-refractivity contribution in [3.05, 3.63) is 39.1 Å². The van der Waals surface area contributed by atoms with Crippen LogP contribution >= 0.6 is 15.9 Å². The van der Waals surface area contributed by atoms with Crippen molar-refractivity contribution < 1.29 is 24.2 Å². The van der Waals surface area contributed by atoms with Gasteiger partial charge in [0.2, 0.25) is 5.96 Å². The van der Waals surface area contributed by atoms with Crippen molar-refractivity contribution in [1.29, 1.82) is 0 Å². The molecule has 0 saturated carbocycles. The predicted octanol–water partition coefficient (Wildman–Crippen LogP) is 2.18. The molecular weight excluding hydrogens is 452 g/mol. The summed E-state index contributed by atoms with van der Waals surface area (Å²) < 4.78 is 10.6. The van der Waals surface area contributed by atoms with Crippen molar-refractivity contribution in [1.82, 2.24) is 14.9 Å². The molecule has 2 heterocycles. The Kier molecular flexibility index (Phi) is 6.94. The SMILES string of the molecule is O=C(OCCCO[N+](=O)[O-])OCN1CCN=C1Nc1ccc2nccnc2c1Br. The van der Waals surface area contributed by atoms with Crippen molar-refractivity contribution in [2.75, 3.05) is 38.4 Å². The summed E-state index contributed by atoms with van der Waals surface area (Å²) in [5, 5.41) is 12.3. The second-order valence-corrected chi connectivity index (χ2v) is 6.52. The number of halogens is 1. The Labute approximate surface area is 173 Å². The van der Waals surface area contributed by atoms with E-state index >= 15 is 0 Å². The fraction of sp³-hybridized carbons (Fsp3) is 0.375. The van der Waals surface area contributed by atoms with E-state index in [1.165, 1.54) is 0 Å². The quantitative estimate of drug-likeness (QED) is 0.265. The van der Waals surface area contributed by atoms with Crippen LogP contribution in [0.1, 0.15) is 6.42 Å². The van der Waals surface area contributed by atoms with Gasteiger partial charge in [0.15, 0.2) is 6.73 Å². The lowest BCUT2D eigenvalue weighted by atomic mass is 10.2. The summed E-state index contributed by atoms with van der Waals surface area (Å²) in [7, 11) is 0. The van der Waals surface area contributed by atoms with Crippen molar-refractivity contribution in [3.63, 3.8) is 0 Å². The maximum absolute atomic E-state index is 11.6. The second kappa shape index (κ2) is 9.82. The molecule has 0 radical (unpaired) electrons. The van der Waals surface area contributed by atoms with Crippen LogP contribution in [0.5, 0.6) is 0 Å². The maximum Gasteiger partial charge on any atom is 0.510 e. The minimum atomic E-state index is -0.903. The van der Waals surface area contributed by atoms with E-state index in [1.807, 2.05) is 12.1 Å². The van der Waals surface area contributed by atoms with E-state index in [9.17, 15) is 14.9 Å². The summed E-state index contributed by atoms with van der Waals surface area (Å²) in [5.41, 5.74) is 2.21. The van der Waals surface area contributed by atoms with Gasteiger partial charge in [0.05, 0.1) is 35.4 Å². The summed E-state index contributed by atoms with van der Waals surface area (Å²) in [4.78, 5) is 40.4. The molecule has 0 unspecified atom stereocenters. The number of aromatic nitrogens is 2. The molecule has 2 aromatic rings. The van der Waals surface area contributed by atoms with Crippen molar-refractivity contribution in [3.8, 4) is 0 Å². The number of hydrogen-bond donors (Lipinski definition) is 1. The number of hydrogen-bond acceptors (Lipinski definition) is 11. The van der Waals surface area contributed by atoms with Gasteiger partial charge in [0.25, 0.3) is 5.09 Å². The molecule has 154 valence electrons. The first-order valence-corrected chi connectivity index (χ1v) is 9.36. The molecule has 12 nitrogen and oxygen atoms in total. The number of benzene rings is 1. The van der Waals surface area contributed by atoms with E-state index in [0.717, 1.165) is 15.7 Å². The number of rotatable bonds is 8. The predicted molar refractivity (Wildman–Crippen MR) is 105 cm³/mol. The second-order valence-electron chi connectivity index (χ2n) is 5.73. The number of nitrogens with one attached hydrogen (secondary N) is 1. The topological polar surface area (TPSA) is 141 Å². The summed E-state index contributed by atoms with van der Waals surface area (Å²) in [6, 6.07) is 3.69. The van der Waals surface area contributed by atoms with E-state index in [0.29, 0.717) is 24.6 Å². The standard InChI is InChI=1S/C16H17BrN6O6/c17-13-11(2-3-12-14(13)19-5-4-18-12)21-15-20-6-7-22(15)10-28-16(24)27-8-1-9-29-23(25)26/h2-5H,1,6-10H2,(H,20,21). The van der Waals surface area contributed by atoms with Gasteiger partial charge in [-0.1, -0.05) is 0 Å². The fourth-order valence-corrected chi connectivity index (χ4v) is 3.01. The lowest BCUT2D eigenvalue weighted by Gasteiger charge is -2.21. The lowest BCUT2D eigenvalue weighted by molar-refractivity contribution is -0.757. The fourth-order valence-electron chi connectivity index (χ4n) is 2.47. The Hall–Kier alpha value is -3.22. The van der Waals surface area contributed by atoms with Crippen LogP contribution in [0.4, 0.5) is 10.5 Å². The van der Waals surface area contributed by atoms with Gasteiger partial charge in [-0.2, -0.15) is 0 Å². The van der Waals surface area contributed by atoms with E-state index in [1.54, 1.807) is 17.3 Å². The number of guanidine groups is 1. The average molecular weight is 469 g/mol. The Morgan fingerprint density at radius 1 is 1.28 bits per heavy atom. The van der Waals surface area contributed by atoms with Gasteiger partial charge in [-0.05, 0) is 28.1 Å². The smallest absolute Gasteiger partial charge is 0.434 e. The van der Waals surface area contributed by atoms with Gasteiger partial charge < -0.3 is 24.5 Å². The molecule has 0 spiro atoms. The summed E-state index contributed by atoms with van der Waals surface area (Å²) >= 11 is 3.53. The van der Waals surface area contributed by atoms with E-state index < -0.39 is 11.2 Å². The van der Waals surface area contributed by atoms with Crippen LogP contribution in [0.3, 0.4) is 0 Å². The molecular formula is C16H17BrN6O6. The van der Waals surface area contributed by atoms with Gasteiger partial charge in [-0.25, -0.2) is 4.79 Å². The maximum atomic E-state index is 11.6. The lowest BCUT2D eigenvalue weighted by Crippen LogP contribution is -2.36. The molecule has 1 aliphatic heterocycles. The van der Waals surface area contributed by atoms with Gasteiger partial charge in [0.1, 0.15) is 5.52 Å². The van der Waals surface area contributed by atoms with Crippen LogP contribution in [0.15, 0.2) is 34.0 Å². The zero-order valence-electron chi connectivity index (χ0n) is 15.1. The van der Waals surface area contributed by atoms with E-state index in [4.69, 9.17) is 9.47 Å². The van der Waals surface area contributed by atoms with Gasteiger partial charge in [-0.15, -0.1) is 10.1 Å². The number of ether oxygens (including phenoxy) is 2. The van der Waals surface area contributed by atoms with E-state index in [2.05, 4.69) is 41.0 Å². The Morgan fingerprint density at radius 3 is 2.93 bits per heavy atom. The highest BCUT2D eigenvalue weighted by molar-refractivity contribution is 9.10. The van der Waals surface area contributed by atoms with Crippen LogP contribution in [0.2, 0.25) is 0 Å². The molecule has 1 N–H and O–H groups in total. The highest BCUT2D eigenvalue weighted by Crippen LogP contribution is 2.29. The highest BCUT2D eigenvalue weighted by Gasteiger charge is 2.20. The van der Waals surface area contributed by atoms with Crippen LogP contribution in [0, 0.1) is 10.1 Å². The molecule has 0 fully saturated rings. The van der Waals surface area contributed by atoms with Gasteiger partial charge >= 0.3 is 6.16 Å². The summed E-state index contributed by atoms with van der Waals surface area (Å²) in [6.45, 7) is 0.859. The normalized spacial score (nSPS) is 13.1. The Morgan fingerprint density at radius 2 is 2.10 bits per heavy atom. The summed E-state index contributed by atoms with van der Waals surface area (Å²) in [6.07, 6.45) is 2.54. The van der Waals surface area contributed by atoms with Crippen LogP contribution < -0.4 is 5.32 Å². The number of nitrogens with zero attached hydrogens (tertiary/aromatic N) is 5. The molecule has 13 heteroatoms. The van der Waals surface area contributed by atoms with Crippen LogP contribution in [-0.2, 0) is 14.3 Å². The summed E-state index contributed by atoms with van der Waals surface area (Å²) in [5.74, 6) is 0.543. The molecule has 0 amide bonds. The zero-order valence-corrected chi connectivity index (χ0v) is 16.7. The minimum Gasteiger partial charge on any atom is -0.434 e. The Balaban J connectivity index is 1.49. The van der Waals surface area contributed by atoms with Crippen molar-refractivity contribution >= 4 is 44.8 Å². The number of carbonyl (C=O) groups excluding carboxylic acids is 1. The molecule has 0 saturated heterocycles.